The molecule has 0 bridgehead atoms. The highest BCUT2D eigenvalue weighted by Crippen LogP contribution is 2.35. The van der Waals surface area contributed by atoms with E-state index in [0.717, 1.165) is 17.9 Å². The number of rotatable bonds is 0. The average molecular weight is 224 g/mol. The van der Waals surface area contributed by atoms with Gasteiger partial charge in [-0.25, -0.2) is 0 Å². The molecule has 1 nitrogen and oxygen atoms in total. The van der Waals surface area contributed by atoms with Crippen LogP contribution in [0.25, 0.3) is 0 Å². The Morgan fingerprint density at radius 2 is 2.07 bits per heavy atom. The van der Waals surface area contributed by atoms with E-state index in [4.69, 9.17) is 17.3 Å². The summed E-state index contributed by atoms with van der Waals surface area (Å²) in [7, 11) is 0. The third-order valence-electron chi connectivity index (χ3n) is 3.51. The van der Waals surface area contributed by atoms with Crippen LogP contribution in [-0.2, 0) is 6.42 Å². The van der Waals surface area contributed by atoms with E-state index < -0.39 is 0 Å². The summed E-state index contributed by atoms with van der Waals surface area (Å²) < 4.78 is 0. The van der Waals surface area contributed by atoms with E-state index in [1.807, 2.05) is 0 Å². The fourth-order valence-corrected chi connectivity index (χ4v) is 2.88. The summed E-state index contributed by atoms with van der Waals surface area (Å²) in [4.78, 5) is 0. The van der Waals surface area contributed by atoms with Gasteiger partial charge in [0.15, 0.2) is 0 Å². The van der Waals surface area contributed by atoms with Crippen molar-refractivity contribution in [2.45, 2.75) is 45.6 Å². The third kappa shape index (κ3) is 1.91. The van der Waals surface area contributed by atoms with Crippen molar-refractivity contribution in [3.8, 4) is 0 Å². The summed E-state index contributed by atoms with van der Waals surface area (Å²) in [5.41, 5.74) is 11.4. The molecule has 2 heteroatoms. The fourth-order valence-electron chi connectivity index (χ4n) is 2.52. The van der Waals surface area contributed by atoms with Crippen LogP contribution in [0, 0.1) is 13.8 Å². The Balaban J connectivity index is 2.63. The number of fused-ring (bicyclic) bond motifs is 1. The Morgan fingerprint density at radius 3 is 2.80 bits per heavy atom. The van der Waals surface area contributed by atoms with Crippen LogP contribution in [0.2, 0.25) is 5.02 Å². The molecule has 0 fully saturated rings. The molecule has 1 aliphatic carbocycles. The summed E-state index contributed by atoms with van der Waals surface area (Å²) >= 11 is 6.30. The van der Waals surface area contributed by atoms with Gasteiger partial charge >= 0.3 is 0 Å². The summed E-state index contributed by atoms with van der Waals surface area (Å²) in [5.74, 6) is 0. The minimum Gasteiger partial charge on any atom is -0.324 e. The lowest BCUT2D eigenvalue weighted by Gasteiger charge is -2.19. The summed E-state index contributed by atoms with van der Waals surface area (Å²) in [6.45, 7) is 4.27. The molecule has 82 valence electrons. The Hall–Kier alpha value is -0.530. The van der Waals surface area contributed by atoms with E-state index in [1.165, 1.54) is 35.1 Å². The second-order valence-electron chi connectivity index (χ2n) is 4.54. The Labute approximate surface area is 96.6 Å². The molecule has 0 saturated carbocycles. The van der Waals surface area contributed by atoms with Gasteiger partial charge in [0.1, 0.15) is 0 Å². The van der Waals surface area contributed by atoms with Crippen LogP contribution in [-0.4, -0.2) is 0 Å². The first kappa shape index (κ1) is 11.0. The van der Waals surface area contributed by atoms with Gasteiger partial charge in [0.2, 0.25) is 0 Å². The van der Waals surface area contributed by atoms with Crippen molar-refractivity contribution >= 4 is 11.6 Å². The molecule has 1 aromatic rings. The van der Waals surface area contributed by atoms with Gasteiger partial charge in [-0.3, -0.25) is 0 Å². The molecule has 0 amide bonds. The molecule has 0 aromatic heterocycles. The van der Waals surface area contributed by atoms with Crippen molar-refractivity contribution in [1.29, 1.82) is 0 Å². The van der Waals surface area contributed by atoms with Crippen LogP contribution in [0.1, 0.15) is 47.6 Å². The minimum absolute atomic E-state index is 0.180. The highest BCUT2D eigenvalue weighted by Gasteiger charge is 2.20. The zero-order chi connectivity index (χ0) is 11.0. The van der Waals surface area contributed by atoms with Crippen LogP contribution >= 0.6 is 11.6 Å². The van der Waals surface area contributed by atoms with Crippen molar-refractivity contribution in [3.63, 3.8) is 0 Å². The number of hydrogen-bond acceptors (Lipinski definition) is 1. The highest BCUT2D eigenvalue weighted by molar-refractivity contribution is 6.31. The number of benzene rings is 1. The number of halogens is 1. The normalized spacial score (nSPS) is 20.9. The minimum atomic E-state index is 0.180. The number of aryl methyl sites for hydroxylation is 1. The first-order valence-corrected chi connectivity index (χ1v) is 6.03. The molecule has 2 rings (SSSR count). The average Bonchev–Trinajstić information content (AvgIpc) is 2.37. The van der Waals surface area contributed by atoms with Crippen LogP contribution in [0.15, 0.2) is 6.07 Å². The lowest BCUT2D eigenvalue weighted by Crippen LogP contribution is -2.13. The van der Waals surface area contributed by atoms with Crippen molar-refractivity contribution in [2.24, 2.45) is 5.73 Å². The molecule has 0 saturated heterocycles. The monoisotopic (exact) mass is 223 g/mol. The Morgan fingerprint density at radius 1 is 1.33 bits per heavy atom. The maximum Gasteiger partial charge on any atom is 0.0444 e. The molecule has 0 spiro atoms. The summed E-state index contributed by atoms with van der Waals surface area (Å²) in [6.07, 6.45) is 4.60. The Kier molecular flexibility index (Phi) is 3.03. The van der Waals surface area contributed by atoms with Crippen molar-refractivity contribution in [2.75, 3.05) is 0 Å². The van der Waals surface area contributed by atoms with Crippen LogP contribution in [0.4, 0.5) is 0 Å². The molecule has 15 heavy (non-hydrogen) atoms. The predicted octanol–water partition coefficient (Wildman–Crippen LogP) is 3.68. The lowest BCUT2D eigenvalue weighted by molar-refractivity contribution is 0.613. The van der Waals surface area contributed by atoms with Crippen molar-refractivity contribution in [1.82, 2.24) is 0 Å². The highest BCUT2D eigenvalue weighted by atomic mass is 35.5. The third-order valence-corrected chi connectivity index (χ3v) is 3.85. The first-order chi connectivity index (χ1) is 7.11. The van der Waals surface area contributed by atoms with Gasteiger partial charge in [-0.05, 0) is 61.4 Å². The van der Waals surface area contributed by atoms with Gasteiger partial charge in [-0.15, -0.1) is 0 Å². The molecule has 0 heterocycles. The second-order valence-corrected chi connectivity index (χ2v) is 4.95. The summed E-state index contributed by atoms with van der Waals surface area (Å²) in [5, 5.41) is 0.908. The topological polar surface area (TPSA) is 26.0 Å². The maximum absolute atomic E-state index is 6.30. The van der Waals surface area contributed by atoms with Crippen molar-refractivity contribution in [3.05, 3.63) is 33.3 Å². The standard InChI is InChI=1S/C13H18ClN/c1-8-7-11(14)10-5-3-4-6-12(15)13(10)9(8)2/h7,12H,3-6,15H2,1-2H3/t12-/m1/s1. The van der Waals surface area contributed by atoms with E-state index >= 15 is 0 Å². The van der Waals surface area contributed by atoms with Gasteiger partial charge in [0.05, 0.1) is 0 Å². The maximum atomic E-state index is 6.30. The molecule has 1 aromatic carbocycles. The lowest BCUT2D eigenvalue weighted by atomic mass is 9.92. The number of hydrogen-bond donors (Lipinski definition) is 1. The predicted molar refractivity (Wildman–Crippen MR) is 65.4 cm³/mol. The molecule has 0 radical (unpaired) electrons. The quantitative estimate of drug-likeness (QED) is 0.668. The summed E-state index contributed by atoms with van der Waals surface area (Å²) in [6, 6.07) is 2.26. The van der Waals surface area contributed by atoms with Crippen LogP contribution < -0.4 is 5.73 Å². The smallest absolute Gasteiger partial charge is 0.0444 e. The molecule has 0 unspecified atom stereocenters. The molecule has 1 atom stereocenters. The van der Waals surface area contributed by atoms with E-state index in [0.29, 0.717) is 0 Å². The van der Waals surface area contributed by atoms with E-state index in [-0.39, 0.29) is 6.04 Å². The van der Waals surface area contributed by atoms with E-state index in [9.17, 15) is 0 Å². The van der Waals surface area contributed by atoms with Gasteiger partial charge in [0, 0.05) is 11.1 Å². The van der Waals surface area contributed by atoms with Crippen LogP contribution in [0.5, 0.6) is 0 Å². The second kappa shape index (κ2) is 4.15. The van der Waals surface area contributed by atoms with E-state index in [2.05, 4.69) is 19.9 Å². The van der Waals surface area contributed by atoms with E-state index in [1.54, 1.807) is 0 Å². The SMILES string of the molecule is Cc1cc(Cl)c2c(c1C)[C@H](N)CCCC2. The molecule has 1 aliphatic rings. The fraction of sp³-hybridized carbons (Fsp3) is 0.538. The number of nitrogens with two attached hydrogens (primary N) is 1. The van der Waals surface area contributed by atoms with Gasteiger partial charge in [-0.2, -0.15) is 0 Å². The molecule has 2 N–H and O–H groups in total. The zero-order valence-electron chi connectivity index (χ0n) is 9.44. The van der Waals surface area contributed by atoms with Gasteiger partial charge in [-0.1, -0.05) is 18.0 Å². The molecule has 0 aliphatic heterocycles. The molecular weight excluding hydrogens is 206 g/mol. The van der Waals surface area contributed by atoms with Crippen LogP contribution in [0.3, 0.4) is 0 Å². The Bertz CT molecular complexity index is 385. The van der Waals surface area contributed by atoms with Gasteiger partial charge in [0.25, 0.3) is 0 Å². The first-order valence-electron chi connectivity index (χ1n) is 5.65. The van der Waals surface area contributed by atoms with Gasteiger partial charge < -0.3 is 5.73 Å². The van der Waals surface area contributed by atoms with Crippen molar-refractivity contribution < 1.29 is 0 Å². The molecular formula is C13H18ClN. The zero-order valence-corrected chi connectivity index (χ0v) is 10.2. The largest absolute Gasteiger partial charge is 0.324 e.